The summed E-state index contributed by atoms with van der Waals surface area (Å²) in [6.07, 6.45) is 0.892. The summed E-state index contributed by atoms with van der Waals surface area (Å²) in [5.41, 5.74) is 1.47. The highest BCUT2D eigenvalue weighted by atomic mass is 35.5. The van der Waals surface area contributed by atoms with Crippen molar-refractivity contribution >= 4 is 23.2 Å². The Balaban J connectivity index is 2.29. The fourth-order valence-corrected chi connectivity index (χ4v) is 2.63. The number of morpholine rings is 1. The molecular weight excluding hydrogens is 276 g/mol. The number of benzene rings is 1. The van der Waals surface area contributed by atoms with E-state index < -0.39 is 0 Å². The number of carbonyl (C=O) groups is 1. The smallest absolute Gasteiger partial charge is 0.256 e. The van der Waals surface area contributed by atoms with E-state index in [1.54, 1.807) is 12.1 Å². The predicted octanol–water partition coefficient (Wildman–Crippen LogP) is 3.02. The van der Waals surface area contributed by atoms with Crippen molar-refractivity contribution in [2.45, 2.75) is 26.3 Å². The fraction of sp³-hybridized carbons (Fsp3) is 0.533. The lowest BCUT2D eigenvalue weighted by atomic mass is 10.1. The average molecular weight is 297 g/mol. The maximum Gasteiger partial charge on any atom is 0.256 e. The van der Waals surface area contributed by atoms with Crippen molar-refractivity contribution in [1.29, 1.82) is 0 Å². The number of hydrogen-bond donors (Lipinski definition) is 1. The molecule has 0 aromatic heterocycles. The quantitative estimate of drug-likeness (QED) is 0.928. The Labute approximate surface area is 125 Å². The Morgan fingerprint density at radius 1 is 1.50 bits per heavy atom. The molecule has 1 atom stereocenters. The van der Waals surface area contributed by atoms with E-state index in [9.17, 15) is 4.79 Å². The second-order valence-corrected chi connectivity index (χ2v) is 5.29. The second-order valence-electron chi connectivity index (χ2n) is 4.86. The molecule has 1 fully saturated rings. The maximum atomic E-state index is 12.8. The van der Waals surface area contributed by atoms with Crippen LogP contribution < -0.4 is 5.32 Å². The zero-order chi connectivity index (χ0) is 14.5. The van der Waals surface area contributed by atoms with Crippen LogP contribution in [0.5, 0.6) is 0 Å². The molecule has 0 spiro atoms. The second kappa shape index (κ2) is 6.95. The minimum absolute atomic E-state index is 0.0265. The Bertz CT molecular complexity index is 479. The number of hydrogen-bond acceptors (Lipinski definition) is 3. The minimum atomic E-state index is 0.0265. The van der Waals surface area contributed by atoms with Gasteiger partial charge in [0.2, 0.25) is 0 Å². The van der Waals surface area contributed by atoms with E-state index in [1.807, 2.05) is 17.9 Å². The summed E-state index contributed by atoms with van der Waals surface area (Å²) in [5.74, 6) is 0.0265. The van der Waals surface area contributed by atoms with Crippen LogP contribution >= 0.6 is 11.6 Å². The van der Waals surface area contributed by atoms with E-state index in [1.165, 1.54) is 0 Å². The van der Waals surface area contributed by atoms with Gasteiger partial charge in [-0.3, -0.25) is 4.79 Å². The van der Waals surface area contributed by atoms with Crippen molar-refractivity contribution in [2.75, 3.05) is 31.6 Å². The van der Waals surface area contributed by atoms with Crippen molar-refractivity contribution in [3.05, 3.63) is 28.8 Å². The van der Waals surface area contributed by atoms with Gasteiger partial charge in [-0.05, 0) is 31.5 Å². The number of carbonyl (C=O) groups excluding carboxylic acids is 1. The average Bonchev–Trinajstić information content (AvgIpc) is 2.48. The summed E-state index contributed by atoms with van der Waals surface area (Å²) in [5, 5.41) is 3.80. The highest BCUT2D eigenvalue weighted by Crippen LogP contribution is 2.24. The van der Waals surface area contributed by atoms with Gasteiger partial charge in [-0.2, -0.15) is 0 Å². The molecule has 20 heavy (non-hydrogen) atoms. The molecule has 1 aromatic rings. The Morgan fingerprint density at radius 2 is 2.30 bits per heavy atom. The maximum absolute atomic E-state index is 12.8. The third-order valence-corrected chi connectivity index (χ3v) is 3.77. The summed E-state index contributed by atoms with van der Waals surface area (Å²) in [6.45, 7) is 6.69. The van der Waals surface area contributed by atoms with Crippen molar-refractivity contribution in [1.82, 2.24) is 4.90 Å². The SMILES string of the molecule is CCNc1ccc(Cl)cc1C(=O)N1CCOCC1CC. The summed E-state index contributed by atoms with van der Waals surface area (Å²) in [6, 6.07) is 5.54. The van der Waals surface area contributed by atoms with Gasteiger partial charge in [-0.25, -0.2) is 0 Å². The van der Waals surface area contributed by atoms with Crippen LogP contribution in [0.1, 0.15) is 30.6 Å². The summed E-state index contributed by atoms with van der Waals surface area (Å²) in [7, 11) is 0. The molecule has 0 saturated carbocycles. The minimum Gasteiger partial charge on any atom is -0.385 e. The first-order valence-electron chi connectivity index (χ1n) is 7.09. The summed E-state index contributed by atoms with van der Waals surface area (Å²) in [4.78, 5) is 14.7. The number of nitrogens with one attached hydrogen (secondary N) is 1. The summed E-state index contributed by atoms with van der Waals surface area (Å²) >= 11 is 6.05. The van der Waals surface area contributed by atoms with Crippen LogP contribution in [0, 0.1) is 0 Å². The molecule has 4 nitrogen and oxygen atoms in total. The molecule has 2 rings (SSSR count). The molecule has 0 aliphatic carbocycles. The molecule has 5 heteroatoms. The van der Waals surface area contributed by atoms with Crippen molar-refractivity contribution in [3.63, 3.8) is 0 Å². The fourth-order valence-electron chi connectivity index (χ4n) is 2.45. The Kier molecular flexibility index (Phi) is 5.26. The molecule has 1 saturated heterocycles. The van der Waals surface area contributed by atoms with Crippen LogP contribution in [0.4, 0.5) is 5.69 Å². The van der Waals surface area contributed by atoms with Crippen LogP contribution in [-0.2, 0) is 4.74 Å². The van der Waals surface area contributed by atoms with Crippen LogP contribution in [0.25, 0.3) is 0 Å². The first kappa shape index (κ1) is 15.1. The monoisotopic (exact) mass is 296 g/mol. The van der Waals surface area contributed by atoms with E-state index in [4.69, 9.17) is 16.3 Å². The third kappa shape index (κ3) is 3.25. The largest absolute Gasteiger partial charge is 0.385 e. The molecule has 1 aliphatic heterocycles. The lowest BCUT2D eigenvalue weighted by Crippen LogP contribution is -2.48. The van der Waals surface area contributed by atoms with Crippen LogP contribution in [0.15, 0.2) is 18.2 Å². The lowest BCUT2D eigenvalue weighted by Gasteiger charge is -2.35. The van der Waals surface area contributed by atoms with E-state index in [0.717, 1.165) is 18.7 Å². The van der Waals surface area contributed by atoms with Crippen molar-refractivity contribution in [3.8, 4) is 0 Å². The number of amides is 1. The summed E-state index contributed by atoms with van der Waals surface area (Å²) < 4.78 is 5.46. The van der Waals surface area contributed by atoms with Crippen LogP contribution in [-0.4, -0.2) is 43.2 Å². The van der Waals surface area contributed by atoms with Gasteiger partial charge in [0.25, 0.3) is 5.91 Å². The highest BCUT2D eigenvalue weighted by molar-refractivity contribution is 6.31. The topological polar surface area (TPSA) is 41.6 Å². The number of rotatable bonds is 4. The Hall–Kier alpha value is -1.26. The van der Waals surface area contributed by atoms with Gasteiger partial charge in [0.1, 0.15) is 0 Å². The van der Waals surface area contributed by atoms with E-state index >= 15 is 0 Å². The van der Waals surface area contributed by atoms with Gasteiger partial charge in [0.05, 0.1) is 24.8 Å². The lowest BCUT2D eigenvalue weighted by molar-refractivity contribution is -0.00274. The standard InChI is InChI=1S/C15H21ClN2O2/c1-3-12-10-20-8-7-18(12)15(19)13-9-11(16)5-6-14(13)17-4-2/h5-6,9,12,17H,3-4,7-8,10H2,1-2H3. The van der Waals surface area contributed by atoms with E-state index in [2.05, 4.69) is 12.2 Å². The molecule has 110 valence electrons. The van der Waals surface area contributed by atoms with E-state index in [-0.39, 0.29) is 11.9 Å². The normalized spacial score (nSPS) is 18.9. The third-order valence-electron chi connectivity index (χ3n) is 3.54. The van der Waals surface area contributed by atoms with Crippen LogP contribution in [0.3, 0.4) is 0 Å². The molecular formula is C15H21ClN2O2. The number of ether oxygens (including phenoxy) is 1. The predicted molar refractivity (Wildman–Crippen MR) is 81.6 cm³/mol. The zero-order valence-corrected chi connectivity index (χ0v) is 12.7. The van der Waals surface area contributed by atoms with Gasteiger partial charge < -0.3 is 15.0 Å². The first-order chi connectivity index (χ1) is 9.67. The van der Waals surface area contributed by atoms with Gasteiger partial charge in [-0.1, -0.05) is 18.5 Å². The molecule has 1 aromatic carbocycles. The molecule has 0 bridgehead atoms. The molecule has 0 radical (unpaired) electrons. The van der Waals surface area contributed by atoms with Gasteiger partial charge >= 0.3 is 0 Å². The number of anilines is 1. The van der Waals surface area contributed by atoms with E-state index in [0.29, 0.717) is 30.3 Å². The zero-order valence-electron chi connectivity index (χ0n) is 12.0. The number of nitrogens with zero attached hydrogens (tertiary/aromatic N) is 1. The molecule has 1 heterocycles. The molecule has 1 aliphatic rings. The van der Waals surface area contributed by atoms with Gasteiger partial charge in [0.15, 0.2) is 0 Å². The first-order valence-corrected chi connectivity index (χ1v) is 7.47. The Morgan fingerprint density at radius 3 is 3.00 bits per heavy atom. The molecule has 1 amide bonds. The number of halogens is 1. The molecule has 1 N–H and O–H groups in total. The van der Waals surface area contributed by atoms with Crippen LogP contribution in [0.2, 0.25) is 5.02 Å². The van der Waals surface area contributed by atoms with Crippen molar-refractivity contribution < 1.29 is 9.53 Å². The van der Waals surface area contributed by atoms with Gasteiger partial charge in [-0.15, -0.1) is 0 Å². The molecule has 1 unspecified atom stereocenters. The highest BCUT2D eigenvalue weighted by Gasteiger charge is 2.28. The van der Waals surface area contributed by atoms with Crippen molar-refractivity contribution in [2.24, 2.45) is 0 Å². The van der Waals surface area contributed by atoms with Gasteiger partial charge in [0, 0.05) is 23.8 Å².